The van der Waals surface area contributed by atoms with Crippen LogP contribution in [0, 0.1) is 6.92 Å². The standard InChI is InChI=1S/C30H25ClN2O3/c1-20-8-17-28-26(19-20)30(35)25-5-2-3-6-27(25)33(28)18-4-7-29(34)32-22-11-15-24(16-12-22)36-23-13-9-21(31)10-14-23/h2-3,5-6,8-17,19H,4,7,18H2,1H3,(H,32,34). The van der Waals surface area contributed by atoms with Crippen molar-refractivity contribution in [2.45, 2.75) is 26.3 Å². The number of carbonyl (C=O) groups excluding carboxylic acids is 1. The lowest BCUT2D eigenvalue weighted by Crippen LogP contribution is -2.15. The van der Waals surface area contributed by atoms with E-state index in [1.165, 1.54) is 0 Å². The van der Waals surface area contributed by atoms with Gasteiger partial charge < -0.3 is 14.6 Å². The number of amides is 1. The van der Waals surface area contributed by atoms with Gasteiger partial charge >= 0.3 is 0 Å². The number of aromatic nitrogens is 1. The molecule has 5 aromatic rings. The highest BCUT2D eigenvalue weighted by molar-refractivity contribution is 6.30. The van der Waals surface area contributed by atoms with E-state index in [1.54, 1.807) is 24.3 Å². The summed E-state index contributed by atoms with van der Waals surface area (Å²) in [7, 11) is 0. The van der Waals surface area contributed by atoms with Gasteiger partial charge in [0.2, 0.25) is 5.91 Å². The maximum absolute atomic E-state index is 13.0. The van der Waals surface area contributed by atoms with Gasteiger partial charge in [-0.15, -0.1) is 0 Å². The van der Waals surface area contributed by atoms with Crippen LogP contribution in [0.3, 0.4) is 0 Å². The Balaban J connectivity index is 1.25. The van der Waals surface area contributed by atoms with E-state index in [9.17, 15) is 9.59 Å². The molecule has 5 rings (SSSR count). The molecule has 1 N–H and O–H groups in total. The number of anilines is 1. The average Bonchev–Trinajstić information content (AvgIpc) is 2.89. The second kappa shape index (κ2) is 10.3. The topological polar surface area (TPSA) is 60.3 Å². The maximum Gasteiger partial charge on any atom is 0.224 e. The third-order valence-corrected chi connectivity index (χ3v) is 6.35. The number of halogens is 1. The van der Waals surface area contributed by atoms with E-state index >= 15 is 0 Å². The Bertz CT molecular complexity index is 1610. The van der Waals surface area contributed by atoms with Crippen molar-refractivity contribution in [1.82, 2.24) is 4.57 Å². The van der Waals surface area contributed by atoms with Crippen molar-refractivity contribution in [3.63, 3.8) is 0 Å². The summed E-state index contributed by atoms with van der Waals surface area (Å²) in [5, 5.41) is 5.00. The number of fused-ring (bicyclic) bond motifs is 2. The average molecular weight is 497 g/mol. The van der Waals surface area contributed by atoms with Crippen LogP contribution in [0.5, 0.6) is 11.5 Å². The van der Waals surface area contributed by atoms with Gasteiger partial charge in [0.15, 0.2) is 5.43 Å². The Labute approximate surface area is 213 Å². The Kier molecular flexibility index (Phi) is 6.74. The largest absolute Gasteiger partial charge is 0.457 e. The number of carbonyl (C=O) groups is 1. The Morgan fingerprint density at radius 1 is 0.861 bits per heavy atom. The molecule has 1 aromatic heterocycles. The Morgan fingerprint density at radius 3 is 2.28 bits per heavy atom. The van der Waals surface area contributed by atoms with Gasteiger partial charge in [-0.2, -0.15) is 0 Å². The fraction of sp³-hybridized carbons (Fsp3) is 0.133. The van der Waals surface area contributed by atoms with Gasteiger partial charge in [0.05, 0.1) is 11.0 Å². The first kappa shape index (κ1) is 23.6. The number of rotatable bonds is 7. The van der Waals surface area contributed by atoms with Crippen LogP contribution in [0.1, 0.15) is 18.4 Å². The third-order valence-electron chi connectivity index (χ3n) is 6.10. The third kappa shape index (κ3) is 5.11. The number of nitrogens with one attached hydrogen (secondary N) is 1. The molecule has 0 bridgehead atoms. The maximum atomic E-state index is 13.0. The smallest absolute Gasteiger partial charge is 0.224 e. The van der Waals surface area contributed by atoms with Crippen LogP contribution in [0.2, 0.25) is 5.02 Å². The summed E-state index contributed by atoms with van der Waals surface area (Å²) in [5.41, 5.74) is 3.57. The molecule has 0 saturated heterocycles. The van der Waals surface area contributed by atoms with E-state index in [-0.39, 0.29) is 11.3 Å². The van der Waals surface area contributed by atoms with E-state index in [2.05, 4.69) is 9.88 Å². The molecule has 1 heterocycles. The first-order chi connectivity index (χ1) is 17.5. The minimum Gasteiger partial charge on any atom is -0.457 e. The summed E-state index contributed by atoms with van der Waals surface area (Å²) in [6.45, 7) is 2.61. The van der Waals surface area contributed by atoms with Gasteiger partial charge in [0.25, 0.3) is 0 Å². The molecule has 4 aromatic carbocycles. The SMILES string of the molecule is Cc1ccc2c(c1)c(=O)c1ccccc1n2CCCC(=O)Nc1ccc(Oc2ccc(Cl)cc2)cc1. The summed E-state index contributed by atoms with van der Waals surface area (Å²) in [6, 6.07) is 28.0. The highest BCUT2D eigenvalue weighted by Gasteiger charge is 2.11. The molecule has 0 unspecified atom stereocenters. The predicted octanol–water partition coefficient (Wildman–Crippen LogP) is 7.33. The van der Waals surface area contributed by atoms with Crippen LogP contribution >= 0.6 is 11.6 Å². The van der Waals surface area contributed by atoms with E-state index in [0.29, 0.717) is 52.4 Å². The first-order valence-corrected chi connectivity index (χ1v) is 12.2. The minimum atomic E-state index is -0.0631. The van der Waals surface area contributed by atoms with E-state index in [4.69, 9.17) is 16.3 Å². The number of ether oxygens (including phenoxy) is 1. The number of nitrogens with zero attached hydrogens (tertiary/aromatic N) is 1. The monoisotopic (exact) mass is 496 g/mol. The Hall–Kier alpha value is -4.09. The predicted molar refractivity (Wildman–Crippen MR) is 146 cm³/mol. The molecule has 0 radical (unpaired) electrons. The molecular weight excluding hydrogens is 472 g/mol. The van der Waals surface area contributed by atoms with Crippen LogP contribution < -0.4 is 15.5 Å². The number of hydrogen-bond acceptors (Lipinski definition) is 3. The minimum absolute atomic E-state index is 0.0433. The number of aryl methyl sites for hydroxylation is 2. The molecule has 0 fully saturated rings. The summed E-state index contributed by atoms with van der Waals surface area (Å²) >= 11 is 5.91. The molecule has 0 atom stereocenters. The zero-order valence-corrected chi connectivity index (χ0v) is 20.6. The fourth-order valence-electron chi connectivity index (χ4n) is 4.35. The molecule has 0 aliphatic carbocycles. The molecule has 0 aliphatic heterocycles. The molecule has 6 heteroatoms. The zero-order valence-electron chi connectivity index (χ0n) is 19.8. The molecule has 5 nitrogen and oxygen atoms in total. The summed E-state index contributed by atoms with van der Waals surface area (Å²) in [5.74, 6) is 1.29. The van der Waals surface area contributed by atoms with Crippen LogP contribution in [0.4, 0.5) is 5.69 Å². The normalized spacial score (nSPS) is 11.1. The zero-order chi connectivity index (χ0) is 25.1. The second-order valence-corrected chi connectivity index (χ2v) is 9.19. The Morgan fingerprint density at radius 2 is 1.53 bits per heavy atom. The van der Waals surface area contributed by atoms with Crippen molar-refractivity contribution in [2.75, 3.05) is 5.32 Å². The first-order valence-electron chi connectivity index (χ1n) is 11.8. The lowest BCUT2D eigenvalue weighted by Gasteiger charge is -2.15. The molecule has 1 amide bonds. The van der Waals surface area contributed by atoms with Gasteiger partial charge in [0.1, 0.15) is 11.5 Å². The van der Waals surface area contributed by atoms with Crippen LogP contribution in [-0.2, 0) is 11.3 Å². The fourth-order valence-corrected chi connectivity index (χ4v) is 4.48. The number of para-hydroxylation sites is 1. The van der Waals surface area contributed by atoms with Crippen molar-refractivity contribution in [3.05, 3.63) is 112 Å². The summed E-state index contributed by atoms with van der Waals surface area (Å²) < 4.78 is 7.94. The lowest BCUT2D eigenvalue weighted by atomic mass is 10.1. The van der Waals surface area contributed by atoms with Crippen molar-refractivity contribution in [2.24, 2.45) is 0 Å². The highest BCUT2D eigenvalue weighted by atomic mass is 35.5. The van der Waals surface area contributed by atoms with Crippen LogP contribution in [0.25, 0.3) is 21.8 Å². The number of benzene rings is 4. The number of pyridine rings is 1. The van der Waals surface area contributed by atoms with Gasteiger partial charge in [-0.25, -0.2) is 0 Å². The van der Waals surface area contributed by atoms with E-state index in [1.807, 2.05) is 73.7 Å². The van der Waals surface area contributed by atoms with Gasteiger partial charge in [-0.05, 0) is 86.1 Å². The summed E-state index contributed by atoms with van der Waals surface area (Å²) in [4.78, 5) is 25.6. The molecule has 0 saturated carbocycles. The summed E-state index contributed by atoms with van der Waals surface area (Å²) in [6.07, 6.45) is 0.996. The second-order valence-electron chi connectivity index (χ2n) is 8.75. The van der Waals surface area contributed by atoms with Gasteiger partial charge in [-0.3, -0.25) is 9.59 Å². The van der Waals surface area contributed by atoms with Gasteiger partial charge in [-0.1, -0.05) is 35.4 Å². The van der Waals surface area contributed by atoms with Crippen molar-refractivity contribution in [1.29, 1.82) is 0 Å². The number of hydrogen-bond donors (Lipinski definition) is 1. The molecule has 0 aliphatic rings. The van der Waals surface area contributed by atoms with Crippen molar-refractivity contribution >= 4 is 45.0 Å². The van der Waals surface area contributed by atoms with Crippen molar-refractivity contribution < 1.29 is 9.53 Å². The van der Waals surface area contributed by atoms with Crippen molar-refractivity contribution in [3.8, 4) is 11.5 Å². The quantitative estimate of drug-likeness (QED) is 0.240. The van der Waals surface area contributed by atoms with E-state index < -0.39 is 0 Å². The molecule has 0 spiro atoms. The van der Waals surface area contributed by atoms with E-state index in [0.717, 1.165) is 16.6 Å². The lowest BCUT2D eigenvalue weighted by molar-refractivity contribution is -0.116. The van der Waals surface area contributed by atoms with Gasteiger partial charge in [0, 0.05) is 34.4 Å². The molecule has 36 heavy (non-hydrogen) atoms. The highest BCUT2D eigenvalue weighted by Crippen LogP contribution is 2.25. The van der Waals surface area contributed by atoms with Crippen LogP contribution in [-0.4, -0.2) is 10.5 Å². The molecular formula is C30H25ClN2O3. The van der Waals surface area contributed by atoms with Crippen LogP contribution in [0.15, 0.2) is 95.8 Å². The molecule has 180 valence electrons.